The van der Waals surface area contributed by atoms with Crippen LogP contribution in [0.25, 0.3) is 0 Å². The smallest absolute Gasteiger partial charge is 0.414 e. The molecule has 2 aromatic carbocycles. The molecule has 0 bridgehead atoms. The van der Waals surface area contributed by atoms with E-state index in [1.165, 1.54) is 0 Å². The summed E-state index contributed by atoms with van der Waals surface area (Å²) >= 11 is 0. The van der Waals surface area contributed by atoms with Crippen molar-refractivity contribution in [3.8, 4) is 0 Å². The fourth-order valence-corrected chi connectivity index (χ4v) is 12.1. The first-order valence-electron chi connectivity index (χ1n) is 15.3. The molecule has 0 saturated carbocycles. The summed E-state index contributed by atoms with van der Waals surface area (Å²) in [6, 6.07) is 20.0. The van der Waals surface area contributed by atoms with E-state index in [9.17, 15) is 4.79 Å². The lowest BCUT2D eigenvalue weighted by molar-refractivity contribution is 0.165. The molecule has 2 aromatic rings. The Morgan fingerprint density at radius 2 is 1.45 bits per heavy atom. The molecule has 3 rings (SSSR count). The summed E-state index contributed by atoms with van der Waals surface area (Å²) in [6.45, 7) is 25.0. The van der Waals surface area contributed by atoms with E-state index in [2.05, 4.69) is 87.5 Å². The minimum atomic E-state index is -2.31. The van der Waals surface area contributed by atoms with Crippen LogP contribution >= 0.6 is 0 Å². The molecule has 1 aliphatic rings. The maximum absolute atomic E-state index is 13.0. The average Bonchev–Trinajstić information content (AvgIpc) is 3.27. The maximum Gasteiger partial charge on any atom is 0.414 e. The number of cyclic esters (lactones) is 1. The van der Waals surface area contributed by atoms with Gasteiger partial charge in [-0.25, -0.2) is 9.79 Å². The molecule has 1 aliphatic heterocycles. The van der Waals surface area contributed by atoms with E-state index < -0.39 is 22.7 Å². The molecule has 0 N–H and O–H groups in total. The van der Waals surface area contributed by atoms with Crippen molar-refractivity contribution in [2.24, 2.45) is 4.99 Å². The Hall–Kier alpha value is -2.69. The zero-order chi connectivity index (χ0) is 31.3. The van der Waals surface area contributed by atoms with Gasteiger partial charge in [0.1, 0.15) is 12.7 Å². The predicted molar refractivity (Wildman–Crippen MR) is 179 cm³/mol. The second kappa shape index (κ2) is 13.7. The fraction of sp³-hybridized carbons (Fsp3) is 0.529. The first-order chi connectivity index (χ1) is 19.6. The number of ether oxygens (including phenoxy) is 1. The number of nitrogens with zero attached hydrogens (tertiary/aromatic N) is 2. The Morgan fingerprint density at radius 1 is 0.929 bits per heavy atom. The Bertz CT molecular complexity index is 1200. The van der Waals surface area contributed by atoms with Gasteiger partial charge in [-0.05, 0) is 45.9 Å². The van der Waals surface area contributed by atoms with Gasteiger partial charge in [-0.15, -0.1) is 0 Å². The number of hydrogen-bond donors (Lipinski definition) is 0. The fourth-order valence-electron chi connectivity index (χ4n) is 5.72. The first kappa shape index (κ1) is 33.8. The lowest BCUT2D eigenvalue weighted by Gasteiger charge is -2.44. The minimum absolute atomic E-state index is 0.0592. The zero-order valence-electron chi connectivity index (χ0n) is 27.5. The molecule has 0 spiro atoms. The van der Waals surface area contributed by atoms with Crippen LogP contribution in [0.3, 0.4) is 0 Å². The van der Waals surface area contributed by atoms with Crippen LogP contribution in [0, 0.1) is 0 Å². The van der Waals surface area contributed by atoms with Crippen LogP contribution in [0.1, 0.15) is 85.6 Å². The third-order valence-corrected chi connectivity index (χ3v) is 19.4. The molecule has 1 heterocycles. The summed E-state index contributed by atoms with van der Waals surface area (Å²) in [5, 5.41) is -0.0592. The summed E-state index contributed by atoms with van der Waals surface area (Å²) in [5.74, 6) is 0.400. The predicted octanol–water partition coefficient (Wildman–Crippen LogP) is 10.0. The highest BCUT2D eigenvalue weighted by molar-refractivity contribution is 6.77. The van der Waals surface area contributed by atoms with Gasteiger partial charge in [-0.2, -0.15) is 0 Å². The number of carbonyl (C=O) groups excluding carboxylic acids is 1. The van der Waals surface area contributed by atoms with Gasteiger partial charge in [0.2, 0.25) is 14.2 Å². The third kappa shape index (κ3) is 7.63. The molecule has 0 aromatic heterocycles. The monoisotopic (exact) mass is 608 g/mol. The van der Waals surface area contributed by atoms with Crippen molar-refractivity contribution in [1.29, 1.82) is 0 Å². The number of hydrogen-bond acceptors (Lipinski definition) is 5. The average molecular weight is 609 g/mol. The lowest BCUT2D eigenvalue weighted by Crippen LogP contribution is -2.48. The number of aliphatic imine (C=N–C) groups is 1. The number of carbonyl (C=O) groups is 1. The summed E-state index contributed by atoms with van der Waals surface area (Å²) in [6.07, 6.45) is 2.84. The van der Waals surface area contributed by atoms with Gasteiger partial charge in [-0.3, -0.25) is 4.90 Å². The minimum Gasteiger partial charge on any atom is -0.530 e. The van der Waals surface area contributed by atoms with E-state index in [4.69, 9.17) is 18.6 Å². The van der Waals surface area contributed by atoms with Crippen LogP contribution < -0.4 is 0 Å². The Kier molecular flexibility index (Phi) is 11.1. The molecule has 8 heteroatoms. The van der Waals surface area contributed by atoms with Crippen molar-refractivity contribution >= 4 is 28.9 Å². The topological polar surface area (TPSA) is 60.4 Å². The van der Waals surface area contributed by atoms with Crippen LogP contribution in [0.2, 0.25) is 34.8 Å². The summed E-state index contributed by atoms with van der Waals surface area (Å²) in [7, 11) is -4.56. The van der Waals surface area contributed by atoms with Crippen molar-refractivity contribution in [2.75, 3.05) is 6.61 Å². The number of benzene rings is 2. The highest BCUT2D eigenvalue weighted by Gasteiger charge is 2.47. The standard InChI is InChI=1S/C34H52N2O4Si2/c1-25(2)42(26(3)4,27(5)6)39-31(29-20-16-13-17-21-29)22-35-32(40-41(10,11)34(7,8)9)23-36-30(24-38-33(36)37)28-18-14-12-15-19-28/h12-23,25-27,30-31H,24H2,1-11H3/t30-,31-/m1/s1. The Labute approximate surface area is 256 Å². The van der Waals surface area contributed by atoms with E-state index in [0.717, 1.165) is 11.1 Å². The normalized spacial score (nSPS) is 18.0. The van der Waals surface area contributed by atoms with Crippen molar-refractivity contribution in [2.45, 2.75) is 109 Å². The molecule has 0 radical (unpaired) electrons. The SMILES string of the molecule is CC(C)[Si](O[C@H](C=NC(=CN1C(=O)OC[C@@H]1c1ccccc1)O[Si](C)(C)C(C)(C)C)c1ccccc1)(C(C)C)C(C)C. The van der Waals surface area contributed by atoms with Crippen molar-refractivity contribution in [3.63, 3.8) is 0 Å². The second-order valence-corrected chi connectivity index (χ2v) is 23.9. The molecule has 2 atom stereocenters. The van der Waals surface area contributed by atoms with Gasteiger partial charge in [-0.1, -0.05) is 123 Å². The van der Waals surface area contributed by atoms with E-state index in [-0.39, 0.29) is 23.8 Å². The third-order valence-electron chi connectivity index (χ3n) is 9.01. The van der Waals surface area contributed by atoms with Gasteiger partial charge in [0.25, 0.3) is 8.32 Å². The van der Waals surface area contributed by atoms with E-state index in [0.29, 0.717) is 22.5 Å². The van der Waals surface area contributed by atoms with Gasteiger partial charge >= 0.3 is 6.09 Å². The van der Waals surface area contributed by atoms with Gasteiger partial charge < -0.3 is 13.6 Å². The molecule has 42 heavy (non-hydrogen) atoms. The number of rotatable bonds is 12. The van der Waals surface area contributed by atoms with Crippen LogP contribution in [0.15, 0.2) is 77.7 Å². The summed E-state index contributed by atoms with van der Waals surface area (Å²) in [4.78, 5) is 19.6. The van der Waals surface area contributed by atoms with Gasteiger partial charge in [0, 0.05) is 6.21 Å². The Balaban J connectivity index is 2.11. The Morgan fingerprint density at radius 3 is 1.95 bits per heavy atom. The molecular formula is C34H52N2O4Si2. The van der Waals surface area contributed by atoms with E-state index >= 15 is 0 Å². The second-order valence-electron chi connectivity index (χ2n) is 13.8. The molecule has 1 fully saturated rings. The zero-order valence-corrected chi connectivity index (χ0v) is 29.5. The van der Waals surface area contributed by atoms with Crippen LogP contribution in [0.4, 0.5) is 4.79 Å². The highest BCUT2D eigenvalue weighted by Crippen LogP contribution is 2.45. The largest absolute Gasteiger partial charge is 0.530 e. The molecule has 6 nitrogen and oxygen atoms in total. The van der Waals surface area contributed by atoms with Gasteiger partial charge in [0.05, 0.1) is 12.2 Å². The first-order valence-corrected chi connectivity index (χ1v) is 20.3. The molecular weight excluding hydrogens is 557 g/mol. The summed E-state index contributed by atoms with van der Waals surface area (Å²) < 4.78 is 19.5. The maximum atomic E-state index is 13.0. The van der Waals surface area contributed by atoms with Crippen LogP contribution in [-0.2, 0) is 13.6 Å². The number of amides is 1. The van der Waals surface area contributed by atoms with E-state index in [1.54, 1.807) is 11.1 Å². The van der Waals surface area contributed by atoms with Gasteiger partial charge in [0.15, 0.2) is 0 Å². The summed E-state index contributed by atoms with van der Waals surface area (Å²) in [5.41, 5.74) is 3.31. The van der Waals surface area contributed by atoms with Crippen molar-refractivity contribution in [1.82, 2.24) is 4.90 Å². The quantitative estimate of drug-likeness (QED) is 0.137. The molecule has 1 saturated heterocycles. The van der Waals surface area contributed by atoms with Crippen LogP contribution in [-0.4, -0.2) is 40.4 Å². The molecule has 1 amide bonds. The molecule has 0 aliphatic carbocycles. The molecule has 230 valence electrons. The van der Waals surface area contributed by atoms with E-state index in [1.807, 2.05) is 54.7 Å². The lowest BCUT2D eigenvalue weighted by atomic mass is 10.1. The van der Waals surface area contributed by atoms with Crippen LogP contribution in [0.5, 0.6) is 0 Å². The molecule has 0 unspecified atom stereocenters. The van der Waals surface area contributed by atoms with Crippen molar-refractivity contribution in [3.05, 3.63) is 83.9 Å². The highest BCUT2D eigenvalue weighted by atomic mass is 28.4. The van der Waals surface area contributed by atoms with Crippen molar-refractivity contribution < 1.29 is 18.4 Å².